The molecule has 1 aromatic heterocycles. The molecule has 4 rings (SSSR count). The van der Waals surface area contributed by atoms with E-state index in [1.54, 1.807) is 24.3 Å². The second kappa shape index (κ2) is 9.86. The molecule has 1 atom stereocenters. The number of rotatable bonds is 6. The van der Waals surface area contributed by atoms with Gasteiger partial charge >= 0.3 is 0 Å². The van der Waals surface area contributed by atoms with Crippen molar-refractivity contribution in [3.8, 4) is 5.75 Å². The van der Waals surface area contributed by atoms with E-state index < -0.39 is 5.91 Å². The minimum atomic E-state index is -0.390. The Balaban J connectivity index is 1.40. The summed E-state index contributed by atoms with van der Waals surface area (Å²) < 4.78 is 18.5. The van der Waals surface area contributed by atoms with E-state index in [9.17, 15) is 14.0 Å². The highest BCUT2D eigenvalue weighted by Crippen LogP contribution is 2.30. The molecule has 1 aliphatic heterocycles. The van der Waals surface area contributed by atoms with Gasteiger partial charge in [-0.05, 0) is 68.3 Å². The van der Waals surface area contributed by atoms with Crippen LogP contribution in [0.15, 0.2) is 48.5 Å². The SMILES string of the molecule is CCOc1ccc(C(=O)N2CCC[C@H](c3nnc(C(=O)Nc4ccc(F)cc4)s3)C2)cc1. The second-order valence-corrected chi connectivity index (χ2v) is 8.46. The van der Waals surface area contributed by atoms with E-state index >= 15 is 0 Å². The Bertz CT molecular complexity index is 1090. The van der Waals surface area contributed by atoms with Gasteiger partial charge in [0, 0.05) is 30.3 Å². The first kappa shape index (κ1) is 21.9. The van der Waals surface area contributed by atoms with Gasteiger partial charge in [0.15, 0.2) is 0 Å². The average molecular weight is 455 g/mol. The number of benzene rings is 2. The lowest BCUT2D eigenvalue weighted by molar-refractivity contribution is 0.0706. The van der Waals surface area contributed by atoms with Crippen LogP contribution in [-0.2, 0) is 0 Å². The fraction of sp³-hybridized carbons (Fsp3) is 0.304. The first-order valence-corrected chi connectivity index (χ1v) is 11.3. The number of anilines is 1. The molecule has 32 heavy (non-hydrogen) atoms. The predicted molar refractivity (Wildman–Crippen MR) is 120 cm³/mol. The van der Waals surface area contributed by atoms with Crippen LogP contribution in [0.25, 0.3) is 0 Å². The van der Waals surface area contributed by atoms with Crippen LogP contribution in [0.1, 0.15) is 50.9 Å². The quantitative estimate of drug-likeness (QED) is 0.599. The van der Waals surface area contributed by atoms with Gasteiger partial charge < -0.3 is 15.0 Å². The summed E-state index contributed by atoms with van der Waals surface area (Å²) in [6, 6.07) is 12.7. The summed E-state index contributed by atoms with van der Waals surface area (Å²) >= 11 is 1.22. The average Bonchev–Trinajstić information content (AvgIpc) is 3.32. The highest BCUT2D eigenvalue weighted by Gasteiger charge is 2.28. The molecule has 0 radical (unpaired) electrons. The molecule has 166 valence electrons. The predicted octanol–water partition coefficient (Wildman–Crippen LogP) is 4.35. The zero-order valence-corrected chi connectivity index (χ0v) is 18.4. The number of nitrogens with one attached hydrogen (secondary N) is 1. The van der Waals surface area contributed by atoms with Crippen molar-refractivity contribution >= 4 is 28.8 Å². The van der Waals surface area contributed by atoms with Crippen LogP contribution in [0.2, 0.25) is 0 Å². The van der Waals surface area contributed by atoms with Gasteiger partial charge in [-0.2, -0.15) is 0 Å². The van der Waals surface area contributed by atoms with E-state index in [1.165, 1.54) is 35.6 Å². The molecular weight excluding hydrogens is 431 g/mol. The number of amides is 2. The number of nitrogens with zero attached hydrogens (tertiary/aromatic N) is 3. The molecule has 0 bridgehead atoms. The van der Waals surface area contributed by atoms with E-state index in [4.69, 9.17) is 4.74 Å². The minimum Gasteiger partial charge on any atom is -0.494 e. The fourth-order valence-corrected chi connectivity index (χ4v) is 4.48. The molecule has 0 aliphatic carbocycles. The van der Waals surface area contributed by atoms with Crippen LogP contribution in [-0.4, -0.2) is 46.6 Å². The number of piperidine rings is 1. The minimum absolute atomic E-state index is 0.0280. The normalized spacial score (nSPS) is 15.9. The van der Waals surface area contributed by atoms with Crippen molar-refractivity contribution in [2.24, 2.45) is 0 Å². The monoisotopic (exact) mass is 454 g/mol. The number of carbonyl (C=O) groups excluding carboxylic acids is 2. The third-order valence-corrected chi connectivity index (χ3v) is 6.29. The number of aromatic nitrogens is 2. The van der Waals surface area contributed by atoms with Crippen molar-refractivity contribution in [3.05, 3.63) is 69.9 Å². The smallest absolute Gasteiger partial charge is 0.286 e. The van der Waals surface area contributed by atoms with Crippen molar-refractivity contribution < 1.29 is 18.7 Å². The van der Waals surface area contributed by atoms with Crippen LogP contribution in [0.4, 0.5) is 10.1 Å². The lowest BCUT2D eigenvalue weighted by Crippen LogP contribution is -2.39. The highest BCUT2D eigenvalue weighted by molar-refractivity contribution is 7.13. The Kier molecular flexibility index (Phi) is 6.75. The van der Waals surface area contributed by atoms with Gasteiger partial charge in [0.2, 0.25) is 5.01 Å². The van der Waals surface area contributed by atoms with Crippen LogP contribution in [0.3, 0.4) is 0 Å². The number of hydrogen-bond acceptors (Lipinski definition) is 6. The van der Waals surface area contributed by atoms with Gasteiger partial charge in [-0.25, -0.2) is 4.39 Å². The van der Waals surface area contributed by atoms with Gasteiger partial charge in [-0.15, -0.1) is 10.2 Å². The molecule has 2 amide bonds. The van der Waals surface area contributed by atoms with Crippen molar-refractivity contribution in [1.82, 2.24) is 15.1 Å². The first-order chi connectivity index (χ1) is 15.5. The number of hydrogen-bond donors (Lipinski definition) is 1. The summed E-state index contributed by atoms with van der Waals surface area (Å²) in [6.45, 7) is 3.70. The van der Waals surface area contributed by atoms with Gasteiger partial charge in [0.25, 0.3) is 11.8 Å². The Hall–Kier alpha value is -3.33. The number of halogens is 1. The Labute approximate surface area is 189 Å². The van der Waals surface area contributed by atoms with Crippen molar-refractivity contribution in [2.75, 3.05) is 25.0 Å². The molecule has 0 spiro atoms. The highest BCUT2D eigenvalue weighted by atomic mass is 32.1. The van der Waals surface area contributed by atoms with Crippen molar-refractivity contribution in [3.63, 3.8) is 0 Å². The summed E-state index contributed by atoms with van der Waals surface area (Å²) in [5, 5.41) is 11.9. The third kappa shape index (κ3) is 5.11. The summed E-state index contributed by atoms with van der Waals surface area (Å²) in [5.74, 6) is -0.0287. The summed E-state index contributed by atoms with van der Waals surface area (Å²) in [7, 11) is 0. The van der Waals surface area contributed by atoms with E-state index in [-0.39, 0.29) is 22.6 Å². The van der Waals surface area contributed by atoms with Crippen LogP contribution in [0, 0.1) is 5.82 Å². The summed E-state index contributed by atoms with van der Waals surface area (Å²) in [6.07, 6.45) is 1.73. The molecular formula is C23H23FN4O3S. The van der Waals surface area contributed by atoms with Gasteiger partial charge in [-0.1, -0.05) is 11.3 Å². The lowest BCUT2D eigenvalue weighted by Gasteiger charge is -2.31. The number of likely N-dealkylation sites (tertiary alicyclic amines) is 1. The molecule has 1 aliphatic rings. The van der Waals surface area contributed by atoms with E-state index in [0.717, 1.165) is 23.6 Å². The fourth-order valence-electron chi connectivity index (χ4n) is 3.62. The molecule has 3 aromatic rings. The first-order valence-electron chi connectivity index (χ1n) is 10.5. The maximum atomic E-state index is 13.0. The Morgan fingerprint density at radius 1 is 1.16 bits per heavy atom. The van der Waals surface area contributed by atoms with Crippen LogP contribution in [0.5, 0.6) is 5.75 Å². The van der Waals surface area contributed by atoms with Gasteiger partial charge in [-0.3, -0.25) is 9.59 Å². The van der Waals surface area contributed by atoms with E-state index in [1.807, 2.05) is 11.8 Å². The molecule has 1 fully saturated rings. The zero-order chi connectivity index (χ0) is 22.5. The Morgan fingerprint density at radius 3 is 2.62 bits per heavy atom. The van der Waals surface area contributed by atoms with E-state index in [0.29, 0.717) is 30.9 Å². The van der Waals surface area contributed by atoms with Crippen molar-refractivity contribution in [2.45, 2.75) is 25.7 Å². The Morgan fingerprint density at radius 2 is 1.91 bits per heavy atom. The second-order valence-electron chi connectivity index (χ2n) is 7.45. The molecule has 2 aromatic carbocycles. The lowest BCUT2D eigenvalue weighted by atomic mass is 9.98. The molecule has 7 nitrogen and oxygen atoms in total. The number of ether oxygens (including phenoxy) is 1. The standard InChI is InChI=1S/C23H23FN4O3S/c1-2-31-19-11-5-15(6-12-19)23(30)28-13-3-4-16(14-28)21-26-27-22(32-21)20(29)25-18-9-7-17(24)8-10-18/h5-12,16H,2-4,13-14H2,1H3,(H,25,29)/t16-/m0/s1. The maximum Gasteiger partial charge on any atom is 0.286 e. The summed E-state index contributed by atoms with van der Waals surface area (Å²) in [4.78, 5) is 27.2. The number of carbonyl (C=O) groups is 2. The molecule has 0 saturated carbocycles. The topological polar surface area (TPSA) is 84.4 Å². The maximum absolute atomic E-state index is 13.0. The zero-order valence-electron chi connectivity index (χ0n) is 17.6. The van der Waals surface area contributed by atoms with Crippen LogP contribution < -0.4 is 10.1 Å². The molecule has 0 unspecified atom stereocenters. The molecule has 2 heterocycles. The largest absolute Gasteiger partial charge is 0.494 e. The molecule has 1 saturated heterocycles. The van der Waals surface area contributed by atoms with Gasteiger partial charge in [0.1, 0.15) is 16.6 Å². The van der Waals surface area contributed by atoms with Gasteiger partial charge in [0.05, 0.1) is 6.61 Å². The van der Waals surface area contributed by atoms with Crippen LogP contribution >= 0.6 is 11.3 Å². The van der Waals surface area contributed by atoms with E-state index in [2.05, 4.69) is 15.5 Å². The molecule has 1 N–H and O–H groups in total. The summed E-state index contributed by atoms with van der Waals surface area (Å²) in [5.41, 5.74) is 1.10. The molecule has 9 heteroatoms. The van der Waals surface area contributed by atoms with Crippen molar-refractivity contribution in [1.29, 1.82) is 0 Å². The third-order valence-electron chi connectivity index (χ3n) is 5.21.